The lowest BCUT2D eigenvalue weighted by Crippen LogP contribution is -2.36. The van der Waals surface area contributed by atoms with Crippen LogP contribution >= 0.6 is 0 Å². The minimum absolute atomic E-state index is 0.0259. The van der Waals surface area contributed by atoms with Gasteiger partial charge in [0.25, 0.3) is 5.91 Å². The van der Waals surface area contributed by atoms with E-state index in [4.69, 9.17) is 4.74 Å². The Kier molecular flexibility index (Phi) is 6.44. The number of benzene rings is 1. The molecule has 1 atom stereocenters. The Labute approximate surface area is 172 Å². The van der Waals surface area contributed by atoms with Crippen LogP contribution in [0.1, 0.15) is 61.1 Å². The van der Waals surface area contributed by atoms with Gasteiger partial charge in [0.05, 0.1) is 18.8 Å². The first-order chi connectivity index (χ1) is 14.2. The van der Waals surface area contributed by atoms with Crippen LogP contribution in [0.3, 0.4) is 0 Å². The highest BCUT2D eigenvalue weighted by molar-refractivity contribution is 5.91. The maximum Gasteiger partial charge on any atom is 0.276 e. The van der Waals surface area contributed by atoms with E-state index in [-0.39, 0.29) is 11.9 Å². The van der Waals surface area contributed by atoms with Crippen molar-refractivity contribution in [1.82, 2.24) is 24.8 Å². The molecule has 2 aromatic rings. The zero-order valence-corrected chi connectivity index (χ0v) is 17.3. The fourth-order valence-electron chi connectivity index (χ4n) is 4.32. The van der Waals surface area contributed by atoms with Gasteiger partial charge in [0.1, 0.15) is 5.75 Å². The lowest BCUT2D eigenvalue weighted by atomic mass is 10.0. The maximum absolute atomic E-state index is 12.7. The van der Waals surface area contributed by atoms with Crippen LogP contribution in [0.4, 0.5) is 0 Å². The zero-order valence-electron chi connectivity index (χ0n) is 17.3. The molecule has 1 unspecified atom stereocenters. The molecule has 0 radical (unpaired) electrons. The number of piperidine rings is 2. The van der Waals surface area contributed by atoms with E-state index in [0.29, 0.717) is 12.3 Å². The van der Waals surface area contributed by atoms with Gasteiger partial charge in [-0.3, -0.25) is 9.69 Å². The largest absolute Gasteiger partial charge is 0.494 e. The molecule has 2 fully saturated rings. The number of hydrogen-bond acceptors (Lipinski definition) is 5. The van der Waals surface area contributed by atoms with Gasteiger partial charge in [-0.05, 0) is 63.3 Å². The van der Waals surface area contributed by atoms with E-state index in [2.05, 4.69) is 27.3 Å². The summed E-state index contributed by atoms with van der Waals surface area (Å²) in [6.45, 7) is 7.28. The van der Waals surface area contributed by atoms with Gasteiger partial charge < -0.3 is 9.64 Å². The zero-order chi connectivity index (χ0) is 20.1. The number of ether oxygens (including phenoxy) is 1. The third-order valence-electron chi connectivity index (χ3n) is 5.87. The number of carbonyl (C=O) groups excluding carboxylic acids is 1. The molecule has 7 heteroatoms. The quantitative estimate of drug-likeness (QED) is 0.749. The van der Waals surface area contributed by atoms with Crippen molar-refractivity contribution in [2.45, 2.75) is 51.6 Å². The van der Waals surface area contributed by atoms with E-state index >= 15 is 0 Å². The second kappa shape index (κ2) is 9.39. The molecule has 0 spiro atoms. The molecule has 3 heterocycles. The monoisotopic (exact) mass is 397 g/mol. The number of nitrogens with zero attached hydrogens (tertiary/aromatic N) is 5. The number of aromatic nitrogens is 3. The summed E-state index contributed by atoms with van der Waals surface area (Å²) in [6.07, 6.45) is 7.42. The molecule has 2 saturated heterocycles. The molecule has 2 aliphatic rings. The number of amides is 1. The average Bonchev–Trinajstić information content (AvgIpc) is 3.26. The van der Waals surface area contributed by atoms with Crippen LogP contribution in [0.2, 0.25) is 0 Å². The first-order valence-corrected chi connectivity index (χ1v) is 10.9. The van der Waals surface area contributed by atoms with Gasteiger partial charge in [-0.25, -0.2) is 4.68 Å². The molecular weight excluding hydrogens is 366 g/mol. The summed E-state index contributed by atoms with van der Waals surface area (Å²) in [6, 6.07) is 8.62. The number of carbonyl (C=O) groups is 1. The Bertz CT molecular complexity index is 798. The van der Waals surface area contributed by atoms with E-state index < -0.39 is 0 Å². The van der Waals surface area contributed by atoms with Crippen molar-refractivity contribution in [3.05, 3.63) is 41.7 Å². The van der Waals surface area contributed by atoms with Gasteiger partial charge >= 0.3 is 0 Å². The standard InChI is InChI=1S/C22H31N5O2/c1-2-29-20-10-8-18(9-11-20)15-25-12-6-7-19(16-25)27-17-21(23-24-27)22(28)26-13-4-3-5-14-26/h8-11,17,19H,2-7,12-16H2,1H3. The molecule has 0 aliphatic carbocycles. The summed E-state index contributed by atoms with van der Waals surface area (Å²) in [5.41, 5.74) is 1.77. The van der Waals surface area contributed by atoms with Gasteiger partial charge in [0.15, 0.2) is 5.69 Å². The molecule has 7 nitrogen and oxygen atoms in total. The summed E-state index contributed by atoms with van der Waals surface area (Å²) in [5.74, 6) is 0.944. The Morgan fingerprint density at radius 1 is 1.10 bits per heavy atom. The molecule has 156 valence electrons. The fraction of sp³-hybridized carbons (Fsp3) is 0.591. The van der Waals surface area contributed by atoms with Crippen molar-refractivity contribution < 1.29 is 9.53 Å². The highest BCUT2D eigenvalue weighted by atomic mass is 16.5. The first-order valence-electron chi connectivity index (χ1n) is 10.9. The van der Waals surface area contributed by atoms with Crippen LogP contribution in [-0.4, -0.2) is 63.5 Å². The molecular formula is C22H31N5O2. The third kappa shape index (κ3) is 4.96. The predicted molar refractivity (Wildman–Crippen MR) is 111 cm³/mol. The Morgan fingerprint density at radius 2 is 1.90 bits per heavy atom. The number of hydrogen-bond donors (Lipinski definition) is 0. The maximum atomic E-state index is 12.7. The van der Waals surface area contributed by atoms with Gasteiger partial charge in [-0.2, -0.15) is 0 Å². The minimum Gasteiger partial charge on any atom is -0.494 e. The number of likely N-dealkylation sites (tertiary alicyclic amines) is 2. The third-order valence-corrected chi connectivity index (χ3v) is 5.87. The molecule has 0 N–H and O–H groups in total. The second-order valence-electron chi connectivity index (χ2n) is 8.04. The minimum atomic E-state index is 0.0259. The van der Waals surface area contributed by atoms with Crippen LogP contribution in [0.15, 0.2) is 30.5 Å². The van der Waals surface area contributed by atoms with Crippen molar-refractivity contribution >= 4 is 5.91 Å². The summed E-state index contributed by atoms with van der Waals surface area (Å²) >= 11 is 0. The Balaban J connectivity index is 1.35. The van der Waals surface area contributed by atoms with Crippen molar-refractivity contribution in [3.63, 3.8) is 0 Å². The van der Waals surface area contributed by atoms with E-state index in [9.17, 15) is 4.79 Å². The summed E-state index contributed by atoms with van der Waals surface area (Å²) < 4.78 is 7.43. The molecule has 1 aromatic carbocycles. The van der Waals surface area contributed by atoms with Gasteiger partial charge in [-0.1, -0.05) is 17.3 Å². The Morgan fingerprint density at radius 3 is 2.66 bits per heavy atom. The first kappa shape index (κ1) is 19.9. The molecule has 1 aromatic heterocycles. The van der Waals surface area contributed by atoms with Crippen LogP contribution in [-0.2, 0) is 6.54 Å². The molecule has 1 amide bonds. The van der Waals surface area contributed by atoms with E-state index in [0.717, 1.165) is 64.2 Å². The van der Waals surface area contributed by atoms with Gasteiger partial charge in [0, 0.05) is 26.2 Å². The van der Waals surface area contributed by atoms with Gasteiger partial charge in [-0.15, -0.1) is 5.10 Å². The van der Waals surface area contributed by atoms with Crippen LogP contribution in [0, 0.1) is 0 Å². The summed E-state index contributed by atoms with van der Waals surface area (Å²) in [4.78, 5) is 17.0. The summed E-state index contributed by atoms with van der Waals surface area (Å²) in [5, 5.41) is 8.50. The SMILES string of the molecule is CCOc1ccc(CN2CCCC(n3cc(C(=O)N4CCCCC4)nn3)C2)cc1. The molecule has 29 heavy (non-hydrogen) atoms. The van der Waals surface area contributed by atoms with Crippen molar-refractivity contribution in [2.24, 2.45) is 0 Å². The predicted octanol–water partition coefficient (Wildman–Crippen LogP) is 3.14. The van der Waals surface area contributed by atoms with E-state index in [1.807, 2.05) is 34.8 Å². The lowest BCUT2D eigenvalue weighted by molar-refractivity contribution is 0.0718. The van der Waals surface area contributed by atoms with Crippen molar-refractivity contribution in [2.75, 3.05) is 32.8 Å². The van der Waals surface area contributed by atoms with Crippen LogP contribution in [0.5, 0.6) is 5.75 Å². The number of rotatable bonds is 6. The van der Waals surface area contributed by atoms with Crippen molar-refractivity contribution in [1.29, 1.82) is 0 Å². The highest BCUT2D eigenvalue weighted by Gasteiger charge is 2.25. The smallest absolute Gasteiger partial charge is 0.276 e. The van der Waals surface area contributed by atoms with Crippen LogP contribution < -0.4 is 4.74 Å². The van der Waals surface area contributed by atoms with Crippen LogP contribution in [0.25, 0.3) is 0 Å². The Hall–Kier alpha value is -2.41. The topological polar surface area (TPSA) is 63.5 Å². The normalized spacial score (nSPS) is 20.6. The lowest BCUT2D eigenvalue weighted by Gasteiger charge is -2.32. The van der Waals surface area contributed by atoms with E-state index in [1.54, 1.807) is 0 Å². The second-order valence-corrected chi connectivity index (χ2v) is 8.04. The molecule has 0 bridgehead atoms. The molecule has 0 saturated carbocycles. The van der Waals surface area contributed by atoms with Gasteiger partial charge in [0.2, 0.25) is 0 Å². The molecule has 2 aliphatic heterocycles. The highest BCUT2D eigenvalue weighted by Crippen LogP contribution is 2.23. The molecule has 4 rings (SSSR count). The van der Waals surface area contributed by atoms with Crippen molar-refractivity contribution in [3.8, 4) is 5.75 Å². The summed E-state index contributed by atoms with van der Waals surface area (Å²) in [7, 11) is 0. The van der Waals surface area contributed by atoms with E-state index in [1.165, 1.54) is 12.0 Å². The average molecular weight is 398 g/mol. The fourth-order valence-corrected chi connectivity index (χ4v) is 4.32.